The molecule has 22 heavy (non-hydrogen) atoms. The summed E-state index contributed by atoms with van der Waals surface area (Å²) in [6, 6.07) is 20.3. The number of fused-ring (bicyclic) bond motifs is 1. The van der Waals surface area contributed by atoms with Crippen molar-refractivity contribution in [2.75, 3.05) is 0 Å². The first-order valence-electron chi connectivity index (χ1n) is 7.78. The summed E-state index contributed by atoms with van der Waals surface area (Å²) in [6.45, 7) is 8.99. The Hall–Kier alpha value is -1.07. The van der Waals surface area contributed by atoms with Crippen molar-refractivity contribution in [2.24, 2.45) is 0 Å². The minimum Gasteiger partial charge on any atom is -0.164 e. The number of rotatable bonds is 2. The van der Waals surface area contributed by atoms with Crippen LogP contribution in [0, 0.1) is 0 Å². The Morgan fingerprint density at radius 1 is 0.955 bits per heavy atom. The molecular weight excluding hydrogens is 343 g/mol. The summed E-state index contributed by atoms with van der Waals surface area (Å²) >= 11 is 0. The van der Waals surface area contributed by atoms with Gasteiger partial charge in [0.1, 0.15) is 0 Å². The van der Waals surface area contributed by atoms with E-state index >= 15 is 0 Å². The van der Waals surface area contributed by atoms with E-state index in [0.717, 1.165) is 6.42 Å². The molecule has 3 aromatic rings. The van der Waals surface area contributed by atoms with Crippen LogP contribution in [0.3, 0.4) is 0 Å². The first kappa shape index (κ1) is 17.3. The normalized spacial score (nSPS) is 11.5. The van der Waals surface area contributed by atoms with Crippen LogP contribution in [0.2, 0.25) is 0 Å². The van der Waals surface area contributed by atoms with Crippen LogP contribution in [0.15, 0.2) is 54.6 Å². The molecule has 0 saturated heterocycles. The molecule has 0 unspecified atom stereocenters. The minimum atomic E-state index is 0. The van der Waals surface area contributed by atoms with Crippen molar-refractivity contribution < 1.29 is 26.2 Å². The molecule has 0 fully saturated rings. The Balaban J connectivity index is 0.00000176. The van der Waals surface area contributed by atoms with E-state index in [2.05, 4.69) is 82.3 Å². The van der Waals surface area contributed by atoms with Crippen molar-refractivity contribution in [3.05, 3.63) is 65.7 Å². The molecule has 0 aromatic heterocycles. The number of hydrogen-bond donors (Lipinski definition) is 0. The Kier molecular flexibility index (Phi) is 5.18. The van der Waals surface area contributed by atoms with Crippen LogP contribution >= 0.6 is 0 Å². The summed E-state index contributed by atoms with van der Waals surface area (Å²) in [6.07, 6.45) is 1.09. The van der Waals surface area contributed by atoms with E-state index in [0.29, 0.717) is 0 Å². The third-order valence-corrected chi connectivity index (χ3v) is 4.28. The third-order valence-electron chi connectivity index (χ3n) is 4.28. The molecule has 1 heteroatoms. The zero-order valence-corrected chi connectivity index (χ0v) is 16.4. The smallest absolute Gasteiger partial charge is 0 e. The standard InChI is InChI=1S/C21H23.Zr/c1-5-15-13-17-7-6-8-19(20(17)14-15)16-9-11-18(12-10-16)21(2,3)4;/h6-14H,5H2,1-4H3;/q-1;. The second-order valence-electron chi connectivity index (χ2n) is 6.85. The van der Waals surface area contributed by atoms with Gasteiger partial charge >= 0.3 is 0 Å². The largest absolute Gasteiger partial charge is 0.164 e. The van der Waals surface area contributed by atoms with E-state index in [1.165, 1.54) is 33.0 Å². The maximum absolute atomic E-state index is 2.34. The van der Waals surface area contributed by atoms with Crippen LogP contribution in [0.1, 0.15) is 38.8 Å². The summed E-state index contributed by atoms with van der Waals surface area (Å²) in [5, 5.41) is 2.72. The summed E-state index contributed by atoms with van der Waals surface area (Å²) in [4.78, 5) is 0. The van der Waals surface area contributed by atoms with Gasteiger partial charge in [0, 0.05) is 26.2 Å². The zero-order valence-electron chi connectivity index (χ0n) is 13.9. The zero-order chi connectivity index (χ0) is 15.0. The fraction of sp³-hybridized carbons (Fsp3) is 0.286. The molecule has 0 aliphatic heterocycles. The molecule has 0 aliphatic rings. The third kappa shape index (κ3) is 3.30. The maximum Gasteiger partial charge on any atom is 0 e. The molecule has 0 amide bonds. The molecule has 0 radical (unpaired) electrons. The van der Waals surface area contributed by atoms with Crippen molar-refractivity contribution in [2.45, 2.75) is 39.5 Å². The van der Waals surface area contributed by atoms with Crippen LogP contribution in [-0.2, 0) is 38.0 Å². The van der Waals surface area contributed by atoms with Crippen molar-refractivity contribution >= 4 is 10.8 Å². The fourth-order valence-electron chi connectivity index (χ4n) is 2.90. The van der Waals surface area contributed by atoms with Crippen LogP contribution < -0.4 is 0 Å². The van der Waals surface area contributed by atoms with Gasteiger partial charge in [-0.25, -0.2) is 0 Å². The van der Waals surface area contributed by atoms with Gasteiger partial charge < -0.3 is 0 Å². The number of benzene rings is 2. The molecule has 0 bridgehead atoms. The monoisotopic (exact) mass is 365 g/mol. The maximum atomic E-state index is 2.34. The minimum absolute atomic E-state index is 0. The van der Waals surface area contributed by atoms with Gasteiger partial charge in [-0.15, -0.1) is 34.5 Å². The van der Waals surface area contributed by atoms with Gasteiger partial charge in [0.15, 0.2) is 0 Å². The van der Waals surface area contributed by atoms with Crippen LogP contribution in [0.25, 0.3) is 21.9 Å². The Morgan fingerprint density at radius 3 is 2.23 bits per heavy atom. The predicted molar refractivity (Wildman–Crippen MR) is 93.1 cm³/mol. The van der Waals surface area contributed by atoms with Gasteiger partial charge in [0.2, 0.25) is 0 Å². The molecule has 0 N–H and O–H groups in total. The van der Waals surface area contributed by atoms with Gasteiger partial charge in [0.25, 0.3) is 0 Å². The van der Waals surface area contributed by atoms with E-state index < -0.39 is 0 Å². The van der Waals surface area contributed by atoms with Crippen molar-refractivity contribution in [3.8, 4) is 11.1 Å². The molecule has 3 rings (SSSR count). The van der Waals surface area contributed by atoms with Crippen LogP contribution in [-0.4, -0.2) is 0 Å². The van der Waals surface area contributed by atoms with Crippen LogP contribution in [0.5, 0.6) is 0 Å². The number of aryl methyl sites for hydroxylation is 1. The topological polar surface area (TPSA) is 0 Å². The Bertz CT molecular complexity index is 755. The van der Waals surface area contributed by atoms with E-state index in [1.807, 2.05) is 0 Å². The predicted octanol–water partition coefficient (Wildman–Crippen LogP) is 6.08. The van der Waals surface area contributed by atoms with Gasteiger partial charge in [-0.05, 0) is 23.0 Å². The van der Waals surface area contributed by atoms with Crippen molar-refractivity contribution in [1.82, 2.24) is 0 Å². The molecule has 3 aromatic carbocycles. The number of hydrogen-bond acceptors (Lipinski definition) is 0. The van der Waals surface area contributed by atoms with E-state index in [4.69, 9.17) is 0 Å². The van der Waals surface area contributed by atoms with E-state index in [-0.39, 0.29) is 31.6 Å². The van der Waals surface area contributed by atoms with Gasteiger partial charge in [-0.3, -0.25) is 0 Å². The summed E-state index contributed by atoms with van der Waals surface area (Å²) in [5.74, 6) is 0. The SMILES string of the molecule is CCc1cc2c(-c3ccc(C(C)(C)C)cc3)cccc2[cH-]1.[Zr]. The second kappa shape index (κ2) is 6.59. The molecule has 0 atom stereocenters. The molecule has 0 aliphatic carbocycles. The van der Waals surface area contributed by atoms with Crippen molar-refractivity contribution in [3.63, 3.8) is 0 Å². The second-order valence-corrected chi connectivity index (χ2v) is 6.85. The average Bonchev–Trinajstić information content (AvgIpc) is 2.89. The molecule has 0 saturated carbocycles. The molecule has 112 valence electrons. The molecule has 0 spiro atoms. The van der Waals surface area contributed by atoms with Gasteiger partial charge in [-0.1, -0.05) is 63.6 Å². The Morgan fingerprint density at radius 2 is 1.64 bits per heavy atom. The van der Waals surface area contributed by atoms with Crippen molar-refractivity contribution in [1.29, 1.82) is 0 Å². The van der Waals surface area contributed by atoms with Gasteiger partial charge in [-0.2, -0.15) is 6.07 Å². The summed E-state index contributed by atoms with van der Waals surface area (Å²) in [5.41, 5.74) is 5.66. The molecule has 0 heterocycles. The van der Waals surface area contributed by atoms with Gasteiger partial charge in [0.05, 0.1) is 0 Å². The van der Waals surface area contributed by atoms with Crippen LogP contribution in [0.4, 0.5) is 0 Å². The quantitative estimate of drug-likeness (QED) is 0.482. The van der Waals surface area contributed by atoms with E-state index in [9.17, 15) is 0 Å². The summed E-state index contributed by atoms with van der Waals surface area (Å²) in [7, 11) is 0. The Labute approximate surface area is 153 Å². The first-order valence-corrected chi connectivity index (χ1v) is 7.78. The molecule has 0 nitrogen and oxygen atoms in total. The molecular formula is C21H23Zr-. The summed E-state index contributed by atoms with van der Waals surface area (Å²) < 4.78 is 0. The fourth-order valence-corrected chi connectivity index (χ4v) is 2.90. The average molecular weight is 367 g/mol. The van der Waals surface area contributed by atoms with E-state index in [1.54, 1.807) is 0 Å². The first-order chi connectivity index (χ1) is 9.99.